The number of benzene rings is 2. The van der Waals surface area contributed by atoms with Crippen molar-refractivity contribution in [3.05, 3.63) is 58.2 Å². The smallest absolute Gasteiger partial charge is 0.206 e. The quantitative estimate of drug-likeness (QED) is 0.591. The van der Waals surface area contributed by atoms with Gasteiger partial charge in [-0.2, -0.15) is 5.10 Å². The lowest BCUT2D eigenvalue weighted by atomic mass is 10.1. The second-order valence-electron chi connectivity index (χ2n) is 6.91. The Bertz CT molecular complexity index is 1110. The van der Waals surface area contributed by atoms with Crippen molar-refractivity contribution < 1.29 is 19.7 Å². The lowest BCUT2D eigenvalue weighted by Gasteiger charge is -2.07. The molecule has 7 nitrogen and oxygen atoms in total. The summed E-state index contributed by atoms with van der Waals surface area (Å²) >= 11 is 1.44. The predicted octanol–water partition coefficient (Wildman–Crippen LogP) is 3.60. The van der Waals surface area contributed by atoms with Crippen LogP contribution in [0.4, 0.5) is 0 Å². The number of aromatic hydroxyl groups is 2. The van der Waals surface area contributed by atoms with E-state index in [1.807, 2.05) is 29.6 Å². The van der Waals surface area contributed by atoms with E-state index in [4.69, 9.17) is 14.5 Å². The molecule has 1 aromatic heterocycles. The molecule has 1 fully saturated rings. The van der Waals surface area contributed by atoms with Crippen LogP contribution < -0.4 is 9.54 Å². The fraction of sp³-hybridized carbons (Fsp3) is 0.273. The third kappa shape index (κ3) is 4.55. The fourth-order valence-corrected chi connectivity index (χ4v) is 4.09. The van der Waals surface area contributed by atoms with Gasteiger partial charge < -0.3 is 19.7 Å². The first-order chi connectivity index (χ1) is 14.6. The summed E-state index contributed by atoms with van der Waals surface area (Å²) in [7, 11) is 1.62. The minimum atomic E-state index is -0.0243. The normalized spacial score (nSPS) is 17.1. The molecule has 1 unspecified atom stereocenters. The Morgan fingerprint density at radius 2 is 2.17 bits per heavy atom. The highest BCUT2D eigenvalue weighted by molar-refractivity contribution is 7.07. The van der Waals surface area contributed by atoms with E-state index in [9.17, 15) is 10.2 Å². The topological polar surface area (TPSA) is 88.6 Å². The highest BCUT2D eigenvalue weighted by Gasteiger charge is 2.16. The van der Waals surface area contributed by atoms with E-state index >= 15 is 0 Å². The molecule has 156 valence electrons. The Hall–Kier alpha value is -3.10. The maximum atomic E-state index is 10.3. The second-order valence-corrected chi connectivity index (χ2v) is 7.75. The zero-order chi connectivity index (χ0) is 20.9. The van der Waals surface area contributed by atoms with Gasteiger partial charge in [0.2, 0.25) is 4.80 Å². The lowest BCUT2D eigenvalue weighted by molar-refractivity contribution is 0.117. The molecule has 0 spiro atoms. The molecule has 0 saturated carbocycles. The van der Waals surface area contributed by atoms with Crippen molar-refractivity contribution >= 4 is 17.6 Å². The molecule has 0 aliphatic carbocycles. The molecule has 0 radical (unpaired) electrons. The zero-order valence-corrected chi connectivity index (χ0v) is 17.4. The first-order valence-corrected chi connectivity index (χ1v) is 10.6. The summed E-state index contributed by atoms with van der Waals surface area (Å²) in [6, 6.07) is 12.1. The van der Waals surface area contributed by atoms with E-state index in [1.165, 1.54) is 23.5 Å². The number of rotatable bonds is 6. The monoisotopic (exact) mass is 425 g/mol. The van der Waals surface area contributed by atoms with Gasteiger partial charge in [-0.25, -0.2) is 4.68 Å². The molecule has 1 saturated heterocycles. The van der Waals surface area contributed by atoms with E-state index in [-0.39, 0.29) is 17.6 Å². The van der Waals surface area contributed by atoms with Crippen molar-refractivity contribution in [1.29, 1.82) is 0 Å². The van der Waals surface area contributed by atoms with Crippen LogP contribution in [0, 0.1) is 0 Å². The van der Waals surface area contributed by atoms with Crippen LogP contribution in [0.3, 0.4) is 0 Å². The molecule has 8 heteroatoms. The van der Waals surface area contributed by atoms with E-state index in [0.29, 0.717) is 22.6 Å². The standard InChI is InChI=1S/C22H23N3O4S/c1-28-17-5-2-4-15(10-17)12-24-25-20(19-8-7-16(26)11-21(19)27)14-30-22(25)23-13-18-6-3-9-29-18/h2,4-5,7-8,10-12,14,18,26-27H,3,6,9,13H2,1H3/b23-22?,24-12+. The summed E-state index contributed by atoms with van der Waals surface area (Å²) in [6.07, 6.45) is 3.92. The molecule has 2 aromatic carbocycles. The molecule has 2 heterocycles. The number of ether oxygens (including phenoxy) is 2. The number of aromatic nitrogens is 1. The fourth-order valence-electron chi connectivity index (χ4n) is 3.26. The molecule has 4 rings (SSSR count). The minimum absolute atomic E-state index is 0.00112. The number of thiazole rings is 1. The Balaban J connectivity index is 1.74. The Labute approximate surface area is 178 Å². The summed E-state index contributed by atoms with van der Waals surface area (Å²) < 4.78 is 12.6. The molecule has 1 aliphatic heterocycles. The van der Waals surface area contributed by atoms with Crippen molar-refractivity contribution in [3.8, 4) is 28.5 Å². The molecule has 0 bridgehead atoms. The third-order valence-corrected chi connectivity index (χ3v) is 5.67. The van der Waals surface area contributed by atoms with Crippen molar-refractivity contribution in [3.63, 3.8) is 0 Å². The van der Waals surface area contributed by atoms with Crippen molar-refractivity contribution in [1.82, 2.24) is 4.68 Å². The highest BCUT2D eigenvalue weighted by Crippen LogP contribution is 2.32. The first kappa shape index (κ1) is 20.2. The van der Waals surface area contributed by atoms with Crippen LogP contribution in [0.5, 0.6) is 17.2 Å². The average Bonchev–Trinajstić information content (AvgIpc) is 3.41. The predicted molar refractivity (Wildman–Crippen MR) is 116 cm³/mol. The van der Waals surface area contributed by atoms with Gasteiger partial charge in [0.25, 0.3) is 0 Å². The Kier molecular flexibility index (Phi) is 6.15. The molecule has 0 amide bonds. The SMILES string of the molecule is COc1cccc(/C=N/n2c(-c3ccc(O)cc3O)csc2=NCC2CCCO2)c1. The largest absolute Gasteiger partial charge is 0.508 e. The molecule has 1 atom stereocenters. The van der Waals surface area contributed by atoms with E-state index in [2.05, 4.69) is 5.10 Å². The maximum absolute atomic E-state index is 10.3. The van der Waals surface area contributed by atoms with E-state index in [0.717, 1.165) is 30.8 Å². The number of methoxy groups -OCH3 is 1. The van der Waals surface area contributed by atoms with Crippen LogP contribution >= 0.6 is 11.3 Å². The van der Waals surface area contributed by atoms with Crippen LogP contribution in [-0.2, 0) is 4.74 Å². The number of phenols is 2. The minimum Gasteiger partial charge on any atom is -0.508 e. The van der Waals surface area contributed by atoms with Gasteiger partial charge in [-0.3, -0.25) is 4.99 Å². The molecule has 3 aromatic rings. The van der Waals surface area contributed by atoms with Gasteiger partial charge in [0.05, 0.1) is 31.7 Å². The van der Waals surface area contributed by atoms with Gasteiger partial charge in [0.1, 0.15) is 17.2 Å². The molecule has 30 heavy (non-hydrogen) atoms. The highest BCUT2D eigenvalue weighted by atomic mass is 32.1. The number of hydrogen-bond donors (Lipinski definition) is 2. The Morgan fingerprint density at radius 3 is 2.93 bits per heavy atom. The summed E-state index contributed by atoms with van der Waals surface area (Å²) in [4.78, 5) is 5.42. The van der Waals surface area contributed by atoms with Crippen molar-refractivity contribution in [2.45, 2.75) is 18.9 Å². The summed E-state index contributed by atoms with van der Waals surface area (Å²) in [6.45, 7) is 1.35. The molecular formula is C22H23N3O4S. The van der Waals surface area contributed by atoms with Gasteiger partial charge in [0, 0.05) is 23.6 Å². The number of phenolic OH excluding ortho intramolecular Hbond substituents is 2. The zero-order valence-electron chi connectivity index (χ0n) is 16.6. The van der Waals surface area contributed by atoms with Crippen LogP contribution in [0.1, 0.15) is 18.4 Å². The van der Waals surface area contributed by atoms with E-state index in [1.54, 1.807) is 24.1 Å². The summed E-state index contributed by atoms with van der Waals surface area (Å²) in [5.41, 5.74) is 2.12. The molecule has 1 aliphatic rings. The molecular weight excluding hydrogens is 402 g/mol. The Morgan fingerprint density at radius 1 is 1.27 bits per heavy atom. The van der Waals surface area contributed by atoms with Gasteiger partial charge in [-0.15, -0.1) is 11.3 Å². The third-order valence-electron chi connectivity index (χ3n) is 4.81. The van der Waals surface area contributed by atoms with Crippen molar-refractivity contribution in [2.75, 3.05) is 20.3 Å². The van der Waals surface area contributed by atoms with Gasteiger partial charge in [0.15, 0.2) is 0 Å². The first-order valence-electron chi connectivity index (χ1n) is 9.67. The van der Waals surface area contributed by atoms with Crippen LogP contribution in [0.25, 0.3) is 11.3 Å². The summed E-state index contributed by atoms with van der Waals surface area (Å²) in [5.74, 6) is 0.721. The second kappa shape index (κ2) is 9.15. The summed E-state index contributed by atoms with van der Waals surface area (Å²) in [5, 5.41) is 26.5. The van der Waals surface area contributed by atoms with Crippen LogP contribution in [0.2, 0.25) is 0 Å². The van der Waals surface area contributed by atoms with Gasteiger partial charge in [-0.05, 0) is 42.7 Å². The van der Waals surface area contributed by atoms with E-state index < -0.39 is 0 Å². The van der Waals surface area contributed by atoms with Crippen LogP contribution in [0.15, 0.2) is 57.9 Å². The number of hydrogen-bond acceptors (Lipinski definition) is 7. The number of nitrogens with zero attached hydrogens (tertiary/aromatic N) is 3. The van der Waals surface area contributed by atoms with Crippen molar-refractivity contribution in [2.24, 2.45) is 10.1 Å². The maximum Gasteiger partial charge on any atom is 0.206 e. The molecule has 2 N–H and O–H groups in total. The van der Waals surface area contributed by atoms with Crippen LogP contribution in [-0.4, -0.2) is 47.5 Å². The average molecular weight is 426 g/mol. The lowest BCUT2D eigenvalue weighted by Crippen LogP contribution is -2.17. The van der Waals surface area contributed by atoms with Gasteiger partial charge >= 0.3 is 0 Å². The van der Waals surface area contributed by atoms with Gasteiger partial charge in [-0.1, -0.05) is 12.1 Å².